The summed E-state index contributed by atoms with van der Waals surface area (Å²) in [7, 11) is 0. The van der Waals surface area contributed by atoms with Crippen LogP contribution in [-0.4, -0.2) is 17.4 Å². The highest BCUT2D eigenvalue weighted by atomic mass is 79.9. The number of amides is 1. The largest absolute Gasteiger partial charge is 0.331 e. The summed E-state index contributed by atoms with van der Waals surface area (Å²) in [5.41, 5.74) is 1.16. The van der Waals surface area contributed by atoms with Gasteiger partial charge in [0.2, 0.25) is 5.91 Å². The summed E-state index contributed by atoms with van der Waals surface area (Å²) in [5, 5.41) is 0. The summed E-state index contributed by atoms with van der Waals surface area (Å²) >= 11 is 3.38. The van der Waals surface area contributed by atoms with Gasteiger partial charge in [0.05, 0.1) is 0 Å². The number of hydrogen-bond donors (Lipinski definition) is 0. The van der Waals surface area contributed by atoms with E-state index in [-0.39, 0.29) is 5.91 Å². The average Bonchev–Trinajstić information content (AvgIpc) is 2.56. The number of carbonyl (C=O) groups excluding carboxylic acids is 1. The second kappa shape index (κ2) is 3.96. The fourth-order valence-corrected chi connectivity index (χ4v) is 1.69. The van der Waals surface area contributed by atoms with Crippen molar-refractivity contribution in [3.63, 3.8) is 0 Å². The van der Waals surface area contributed by atoms with Gasteiger partial charge in [0.1, 0.15) is 0 Å². The molecule has 0 bridgehead atoms. The minimum atomic E-state index is 0.105. The van der Waals surface area contributed by atoms with Crippen molar-refractivity contribution >= 4 is 21.8 Å². The Balaban J connectivity index is 2.04. The molecule has 0 aliphatic carbocycles. The Hall–Kier alpha value is -1.09. The highest BCUT2D eigenvalue weighted by Gasteiger charge is 2.14. The highest BCUT2D eigenvalue weighted by molar-refractivity contribution is 9.10. The van der Waals surface area contributed by atoms with Crippen molar-refractivity contribution in [2.75, 3.05) is 6.54 Å². The first-order valence-electron chi connectivity index (χ1n) is 4.45. The van der Waals surface area contributed by atoms with Gasteiger partial charge in [0.25, 0.3) is 0 Å². The van der Waals surface area contributed by atoms with Gasteiger partial charge >= 0.3 is 0 Å². The van der Waals surface area contributed by atoms with Crippen molar-refractivity contribution in [1.82, 2.24) is 4.90 Å². The van der Waals surface area contributed by atoms with Gasteiger partial charge in [0.15, 0.2) is 0 Å². The van der Waals surface area contributed by atoms with Gasteiger partial charge < -0.3 is 4.90 Å². The molecule has 1 amide bonds. The molecule has 1 heterocycles. The maximum atomic E-state index is 11.3. The molecule has 0 N–H and O–H groups in total. The normalized spacial score (nSPS) is 15.2. The summed E-state index contributed by atoms with van der Waals surface area (Å²) in [5.74, 6) is 0.105. The van der Waals surface area contributed by atoms with Crippen molar-refractivity contribution in [2.24, 2.45) is 0 Å². The molecular formula is C11H10BrNO. The van der Waals surface area contributed by atoms with Crippen LogP contribution in [0.5, 0.6) is 0 Å². The van der Waals surface area contributed by atoms with E-state index in [0.29, 0.717) is 6.54 Å². The molecule has 0 unspecified atom stereocenters. The fraction of sp³-hybridized carbons (Fsp3) is 0.182. The van der Waals surface area contributed by atoms with Crippen molar-refractivity contribution < 1.29 is 4.79 Å². The van der Waals surface area contributed by atoms with E-state index in [1.165, 1.54) is 0 Å². The summed E-state index contributed by atoms with van der Waals surface area (Å²) in [4.78, 5) is 13.1. The standard InChI is InChI=1S/C11H10BrNO/c12-10-5-3-9(4-6-10)8-13-7-1-2-11(13)14/h1-6H,7-8H2. The lowest BCUT2D eigenvalue weighted by Crippen LogP contribution is -2.24. The van der Waals surface area contributed by atoms with Gasteiger partial charge in [-0.1, -0.05) is 34.1 Å². The van der Waals surface area contributed by atoms with Crippen LogP contribution in [0.1, 0.15) is 5.56 Å². The number of carbonyl (C=O) groups is 1. The van der Waals surface area contributed by atoms with Gasteiger partial charge in [-0.05, 0) is 17.7 Å². The van der Waals surface area contributed by atoms with E-state index in [1.807, 2.05) is 35.2 Å². The maximum Gasteiger partial charge on any atom is 0.246 e. The van der Waals surface area contributed by atoms with Crippen LogP contribution in [0, 0.1) is 0 Å². The predicted octanol–water partition coefficient (Wildman–Crippen LogP) is 2.35. The number of benzene rings is 1. The quantitative estimate of drug-likeness (QED) is 0.791. The summed E-state index contributed by atoms with van der Waals surface area (Å²) in [6.07, 6.45) is 3.51. The third kappa shape index (κ3) is 2.04. The SMILES string of the molecule is O=C1C=CCN1Cc1ccc(Br)cc1. The first-order chi connectivity index (χ1) is 6.75. The molecule has 2 nitrogen and oxygen atoms in total. The molecule has 0 spiro atoms. The maximum absolute atomic E-state index is 11.3. The zero-order valence-corrected chi connectivity index (χ0v) is 9.20. The van der Waals surface area contributed by atoms with Crippen LogP contribution >= 0.6 is 15.9 Å². The molecule has 1 aliphatic heterocycles. The summed E-state index contributed by atoms with van der Waals surface area (Å²) in [6.45, 7) is 1.42. The third-order valence-electron chi connectivity index (χ3n) is 2.18. The lowest BCUT2D eigenvalue weighted by molar-refractivity contribution is -0.125. The molecular weight excluding hydrogens is 242 g/mol. The number of nitrogens with zero attached hydrogens (tertiary/aromatic N) is 1. The zero-order chi connectivity index (χ0) is 9.97. The molecule has 0 aromatic heterocycles. The Kier molecular flexibility index (Phi) is 2.68. The van der Waals surface area contributed by atoms with Crippen LogP contribution in [0.2, 0.25) is 0 Å². The second-order valence-electron chi connectivity index (χ2n) is 3.25. The van der Waals surface area contributed by atoms with E-state index in [9.17, 15) is 4.79 Å². The molecule has 72 valence electrons. The molecule has 14 heavy (non-hydrogen) atoms. The molecule has 0 saturated carbocycles. The van der Waals surface area contributed by atoms with Gasteiger partial charge in [-0.2, -0.15) is 0 Å². The monoisotopic (exact) mass is 251 g/mol. The number of rotatable bonds is 2. The highest BCUT2D eigenvalue weighted by Crippen LogP contribution is 2.13. The van der Waals surface area contributed by atoms with E-state index < -0.39 is 0 Å². The summed E-state index contributed by atoms with van der Waals surface area (Å²) < 4.78 is 1.06. The van der Waals surface area contributed by atoms with Crippen LogP contribution < -0.4 is 0 Å². The Morgan fingerprint density at radius 1 is 1.29 bits per heavy atom. The van der Waals surface area contributed by atoms with E-state index in [1.54, 1.807) is 6.08 Å². The molecule has 3 heteroatoms. The second-order valence-corrected chi connectivity index (χ2v) is 4.16. The predicted molar refractivity (Wildman–Crippen MR) is 58.7 cm³/mol. The molecule has 0 radical (unpaired) electrons. The Morgan fingerprint density at radius 2 is 2.00 bits per heavy atom. The van der Waals surface area contributed by atoms with Crippen LogP contribution in [0.4, 0.5) is 0 Å². The van der Waals surface area contributed by atoms with Crippen molar-refractivity contribution in [3.8, 4) is 0 Å². The molecule has 2 rings (SSSR count). The van der Waals surface area contributed by atoms with Crippen LogP contribution in [-0.2, 0) is 11.3 Å². The molecule has 1 aromatic carbocycles. The lowest BCUT2D eigenvalue weighted by atomic mass is 10.2. The van der Waals surface area contributed by atoms with Crippen molar-refractivity contribution in [2.45, 2.75) is 6.54 Å². The van der Waals surface area contributed by atoms with Crippen molar-refractivity contribution in [3.05, 3.63) is 46.5 Å². The van der Waals surface area contributed by atoms with Crippen LogP contribution in [0.3, 0.4) is 0 Å². The first kappa shape index (κ1) is 9.46. The smallest absolute Gasteiger partial charge is 0.246 e. The first-order valence-corrected chi connectivity index (χ1v) is 5.25. The van der Waals surface area contributed by atoms with E-state index in [0.717, 1.165) is 16.6 Å². The Bertz CT molecular complexity index is 369. The Labute approximate surface area is 91.3 Å². The average molecular weight is 252 g/mol. The molecule has 1 aliphatic rings. The lowest BCUT2D eigenvalue weighted by Gasteiger charge is -2.15. The minimum absolute atomic E-state index is 0.105. The van der Waals surface area contributed by atoms with Crippen molar-refractivity contribution in [1.29, 1.82) is 0 Å². The van der Waals surface area contributed by atoms with Gasteiger partial charge in [-0.25, -0.2) is 0 Å². The van der Waals surface area contributed by atoms with E-state index >= 15 is 0 Å². The van der Waals surface area contributed by atoms with Gasteiger partial charge in [-0.15, -0.1) is 0 Å². The minimum Gasteiger partial charge on any atom is -0.331 e. The van der Waals surface area contributed by atoms with E-state index in [4.69, 9.17) is 0 Å². The molecule has 1 aromatic rings. The van der Waals surface area contributed by atoms with E-state index in [2.05, 4.69) is 15.9 Å². The molecule has 0 fully saturated rings. The fourth-order valence-electron chi connectivity index (χ4n) is 1.43. The van der Waals surface area contributed by atoms with Crippen LogP contribution in [0.25, 0.3) is 0 Å². The molecule has 0 atom stereocenters. The van der Waals surface area contributed by atoms with Gasteiger partial charge in [0, 0.05) is 23.6 Å². The zero-order valence-electron chi connectivity index (χ0n) is 7.61. The molecule has 0 saturated heterocycles. The topological polar surface area (TPSA) is 20.3 Å². The van der Waals surface area contributed by atoms with Gasteiger partial charge in [-0.3, -0.25) is 4.79 Å². The Morgan fingerprint density at radius 3 is 2.57 bits per heavy atom. The number of halogens is 1. The third-order valence-corrected chi connectivity index (χ3v) is 2.71. The number of hydrogen-bond acceptors (Lipinski definition) is 1. The van der Waals surface area contributed by atoms with Crippen LogP contribution in [0.15, 0.2) is 40.9 Å². The summed E-state index contributed by atoms with van der Waals surface area (Å²) in [6, 6.07) is 8.03.